The molecule has 0 spiro atoms. The third-order valence-corrected chi connectivity index (χ3v) is 8.54. The molecule has 0 aliphatic carbocycles. The Morgan fingerprint density at radius 1 is 0.375 bits per heavy atom. The Morgan fingerprint density at radius 2 is 0.609 bits per heavy atom. The molecule has 0 radical (unpaired) electrons. The van der Waals surface area contributed by atoms with Crippen molar-refractivity contribution < 1.29 is 99.6 Å². The zero-order chi connectivity index (χ0) is 46.3. The molecule has 64 heavy (non-hydrogen) atoms. The highest BCUT2D eigenvalue weighted by Crippen LogP contribution is 2.45. The van der Waals surface area contributed by atoms with Gasteiger partial charge in [0.05, 0.1) is 191 Å². The first-order valence-corrected chi connectivity index (χ1v) is 23.5. The molecule has 0 heterocycles. The van der Waals surface area contributed by atoms with E-state index in [9.17, 15) is 14.4 Å². The van der Waals surface area contributed by atoms with Gasteiger partial charge in [-0.25, -0.2) is 0 Å². The minimum atomic E-state index is -4.44. The molecule has 23 heteroatoms. The van der Waals surface area contributed by atoms with E-state index in [1.54, 1.807) is 14.2 Å². The smallest absolute Gasteiger partial charge is 0.329 e. The summed E-state index contributed by atoms with van der Waals surface area (Å²) in [6.45, 7) is 12.5. The Morgan fingerprint density at radius 3 is 0.859 bits per heavy atom. The predicted molar refractivity (Wildman–Crippen MR) is 232 cm³/mol. The first kappa shape index (κ1) is 60.1. The van der Waals surface area contributed by atoms with Crippen LogP contribution in [0.5, 0.6) is 17.2 Å². The van der Waals surface area contributed by atoms with Gasteiger partial charge in [0.1, 0.15) is 19.8 Å². The summed E-state index contributed by atoms with van der Waals surface area (Å²) in [7, 11) is -1.21. The quantitative estimate of drug-likeness (QED) is 0.0608. The van der Waals surface area contributed by atoms with E-state index in [0.717, 1.165) is 0 Å². The first-order chi connectivity index (χ1) is 31.4. The maximum Gasteiger partial charge on any atom is 0.329 e. The fourth-order valence-corrected chi connectivity index (χ4v) is 5.47. The van der Waals surface area contributed by atoms with Crippen molar-refractivity contribution in [2.24, 2.45) is 5.73 Å². The summed E-state index contributed by atoms with van der Waals surface area (Å²) in [5.74, 6) is 0.683. The van der Waals surface area contributed by atoms with Crippen molar-refractivity contribution in [2.75, 3.05) is 226 Å². The number of hydrogen-bond acceptors (Lipinski definition) is 20. The molecular weight excluding hydrogens is 873 g/mol. The van der Waals surface area contributed by atoms with Crippen LogP contribution in [-0.2, 0) is 81.8 Å². The molecule has 1 aromatic rings. The molecule has 0 saturated carbocycles. The van der Waals surface area contributed by atoms with E-state index in [2.05, 4.69) is 0 Å². The molecule has 22 nitrogen and oxygen atoms in total. The lowest BCUT2D eigenvalue weighted by Crippen LogP contribution is -2.16. The Kier molecular flexibility index (Phi) is 43.5. The fraction of sp³-hybridized carbons (Fsp3) is 0.854. The number of methoxy groups -OCH3 is 2. The van der Waals surface area contributed by atoms with Gasteiger partial charge in [-0.15, -0.1) is 0 Å². The molecule has 0 atom stereocenters. The summed E-state index contributed by atoms with van der Waals surface area (Å²) in [5, 5.41) is 0. The molecule has 4 N–H and O–H groups in total. The first-order valence-electron chi connectivity index (χ1n) is 21.7. The maximum atomic E-state index is 12.0. The van der Waals surface area contributed by atoms with Crippen LogP contribution in [0.2, 0.25) is 0 Å². The lowest BCUT2D eigenvalue weighted by molar-refractivity contribution is -0.0210. The average molecular weight is 952 g/mol. The molecule has 0 aromatic heterocycles. The minimum Gasteiger partial charge on any atom is -0.487 e. The molecule has 0 bridgehead atoms. The van der Waals surface area contributed by atoms with Crippen molar-refractivity contribution in [1.82, 2.24) is 0 Å². The Labute approximate surface area is 379 Å². The molecule has 1 aromatic carbocycles. The van der Waals surface area contributed by atoms with E-state index in [1.807, 2.05) is 0 Å². The third kappa shape index (κ3) is 40.4. The molecule has 0 aliphatic rings. The lowest BCUT2D eigenvalue weighted by atomic mass is 10.2. The van der Waals surface area contributed by atoms with Gasteiger partial charge in [-0.1, -0.05) is 0 Å². The van der Waals surface area contributed by atoms with Gasteiger partial charge in [0.15, 0.2) is 11.5 Å². The van der Waals surface area contributed by atoms with Crippen LogP contribution in [0.1, 0.15) is 5.56 Å². The van der Waals surface area contributed by atoms with Crippen molar-refractivity contribution in [3.63, 3.8) is 0 Å². The van der Waals surface area contributed by atoms with Crippen LogP contribution < -0.4 is 19.9 Å². The monoisotopic (exact) mass is 951 g/mol. The van der Waals surface area contributed by atoms with Crippen molar-refractivity contribution in [2.45, 2.75) is 6.16 Å². The molecule has 0 amide bonds. The molecule has 0 fully saturated rings. The molecule has 0 saturated heterocycles. The van der Waals surface area contributed by atoms with E-state index in [1.165, 1.54) is 12.1 Å². The molecule has 0 aliphatic heterocycles. The summed E-state index contributed by atoms with van der Waals surface area (Å²) < 4.78 is 111. The number of hydrogen-bond donors (Lipinski definition) is 3. The van der Waals surface area contributed by atoms with Gasteiger partial charge in [-0.3, -0.25) is 4.57 Å². The Bertz CT molecular complexity index is 1140. The van der Waals surface area contributed by atoms with Gasteiger partial charge in [-0.2, -0.15) is 0 Å². The van der Waals surface area contributed by atoms with Crippen molar-refractivity contribution in [3.05, 3.63) is 17.7 Å². The zero-order valence-electron chi connectivity index (χ0n) is 38.2. The second-order valence-corrected chi connectivity index (χ2v) is 14.7. The van der Waals surface area contributed by atoms with Crippen LogP contribution >= 0.6 is 7.60 Å². The Hall–Kier alpha value is -1.87. The van der Waals surface area contributed by atoms with Crippen LogP contribution in [0.3, 0.4) is 0 Å². The van der Waals surface area contributed by atoms with Gasteiger partial charge in [0.25, 0.3) is 0 Å². The zero-order valence-corrected chi connectivity index (χ0v) is 39.1. The number of benzene rings is 1. The standard InChI is InChI=1S/C41H78NO21P/c1-46-5-7-49-11-13-52-23-26-58-29-32-61-39-35-38(37-64(43,44)45)36-40(62-33-30-59-27-24-53-14-12-50-8-6-47-2)41(39)63-34-31-60-28-25-57-22-21-56-20-19-55-18-17-54-16-15-51-10-9-48-4-3-42/h35-36H,3-34,37,42H2,1-2H3,(H2,43,44,45). The SMILES string of the molecule is COCCOCCOCCOCCOc1cc(CP(=O)(O)O)cc(OCCOCCOCCOCCOC)c1OCCOCCOCCOCCOCCOCCOCCOCCN. The lowest BCUT2D eigenvalue weighted by Gasteiger charge is -2.19. The van der Waals surface area contributed by atoms with E-state index in [-0.39, 0.29) is 56.9 Å². The summed E-state index contributed by atoms with van der Waals surface area (Å²) in [4.78, 5) is 19.5. The topological polar surface area (TPSA) is 250 Å². The van der Waals surface area contributed by atoms with Gasteiger partial charge < -0.3 is 101 Å². The van der Waals surface area contributed by atoms with E-state index in [0.29, 0.717) is 177 Å². The van der Waals surface area contributed by atoms with Gasteiger partial charge >= 0.3 is 7.60 Å². The maximum absolute atomic E-state index is 12.0. The minimum absolute atomic E-state index is 0.111. The second kappa shape index (κ2) is 46.2. The number of ether oxygens (including phenoxy) is 18. The van der Waals surface area contributed by atoms with Crippen LogP contribution in [0.15, 0.2) is 12.1 Å². The highest BCUT2D eigenvalue weighted by Gasteiger charge is 2.21. The van der Waals surface area contributed by atoms with Crippen LogP contribution in [-0.4, -0.2) is 235 Å². The molecular formula is C41H78NO21P. The number of nitrogens with two attached hydrogens (primary N) is 1. The molecule has 378 valence electrons. The van der Waals surface area contributed by atoms with Crippen LogP contribution in [0, 0.1) is 0 Å². The third-order valence-electron chi connectivity index (χ3n) is 7.76. The average Bonchev–Trinajstić information content (AvgIpc) is 3.27. The summed E-state index contributed by atoms with van der Waals surface area (Å²) >= 11 is 0. The predicted octanol–water partition coefficient (Wildman–Crippen LogP) is 0.968. The highest BCUT2D eigenvalue weighted by atomic mass is 31.2. The highest BCUT2D eigenvalue weighted by molar-refractivity contribution is 7.50. The van der Waals surface area contributed by atoms with Crippen molar-refractivity contribution in [1.29, 1.82) is 0 Å². The van der Waals surface area contributed by atoms with Crippen LogP contribution in [0.25, 0.3) is 0 Å². The summed E-state index contributed by atoms with van der Waals surface area (Å²) in [5.41, 5.74) is 5.65. The molecule has 0 unspecified atom stereocenters. The molecule has 1 rings (SSSR count). The van der Waals surface area contributed by atoms with Gasteiger partial charge in [0, 0.05) is 20.8 Å². The van der Waals surface area contributed by atoms with Crippen molar-refractivity contribution in [3.8, 4) is 17.2 Å². The van der Waals surface area contributed by atoms with E-state index < -0.39 is 13.8 Å². The number of rotatable bonds is 52. The van der Waals surface area contributed by atoms with E-state index >= 15 is 0 Å². The van der Waals surface area contributed by atoms with E-state index in [4.69, 9.17) is 91.0 Å². The Balaban J connectivity index is 2.48. The van der Waals surface area contributed by atoms with Crippen molar-refractivity contribution >= 4 is 7.60 Å². The second-order valence-electron chi connectivity index (χ2n) is 13.0. The summed E-state index contributed by atoms with van der Waals surface area (Å²) in [6.07, 6.45) is -0.533. The summed E-state index contributed by atoms with van der Waals surface area (Å²) in [6, 6.07) is 3.03. The van der Waals surface area contributed by atoms with Crippen LogP contribution in [0.4, 0.5) is 0 Å². The largest absolute Gasteiger partial charge is 0.487 e. The van der Waals surface area contributed by atoms with Gasteiger partial charge in [-0.05, 0) is 17.7 Å². The normalized spacial score (nSPS) is 11.8. The van der Waals surface area contributed by atoms with Gasteiger partial charge in [0.2, 0.25) is 5.75 Å². The fourth-order valence-electron chi connectivity index (χ4n) is 4.81.